The Balaban J connectivity index is 1.79. The highest BCUT2D eigenvalue weighted by Gasteiger charge is 2.03. The van der Waals surface area contributed by atoms with Crippen molar-refractivity contribution in [3.8, 4) is 0 Å². The summed E-state index contributed by atoms with van der Waals surface area (Å²) in [4.78, 5) is 0. The molecular formula is C15H18BN. The maximum atomic E-state index is 3.50. The molecule has 0 saturated carbocycles. The molecule has 2 rings (SSSR count). The Labute approximate surface area is 104 Å². The largest absolute Gasteiger partial charge is 0.313 e. The zero-order valence-corrected chi connectivity index (χ0v) is 10.3. The van der Waals surface area contributed by atoms with Gasteiger partial charge in [0.15, 0.2) is 0 Å². The molecule has 2 aromatic carbocycles. The van der Waals surface area contributed by atoms with Gasteiger partial charge < -0.3 is 5.32 Å². The molecule has 0 unspecified atom stereocenters. The highest BCUT2D eigenvalue weighted by molar-refractivity contribution is 6.12. The molecule has 2 heteroatoms. The molecule has 1 N–H and O–H groups in total. The van der Waals surface area contributed by atoms with Gasteiger partial charge in [-0.1, -0.05) is 66.2 Å². The average Bonchev–Trinajstić information content (AvgIpc) is 2.41. The van der Waals surface area contributed by atoms with E-state index in [4.69, 9.17) is 0 Å². The van der Waals surface area contributed by atoms with E-state index in [0.29, 0.717) is 5.82 Å². The lowest BCUT2D eigenvalue weighted by molar-refractivity contribution is 0.674. The summed E-state index contributed by atoms with van der Waals surface area (Å²) in [5.74, 6) is 0.555. The van der Waals surface area contributed by atoms with Crippen molar-refractivity contribution in [2.45, 2.75) is 12.4 Å². The van der Waals surface area contributed by atoms with Gasteiger partial charge in [0.1, 0.15) is 7.85 Å². The van der Waals surface area contributed by atoms with Crippen LogP contribution >= 0.6 is 0 Å². The molecular weight excluding hydrogens is 205 g/mol. The molecule has 0 aliphatic rings. The Bertz CT molecular complexity index is 427. The van der Waals surface area contributed by atoms with Crippen LogP contribution in [-0.2, 0) is 6.54 Å². The standard InChI is InChI=1S/C15H18BN/c16-15(14-9-5-2-6-10-14)12-17-11-13-7-3-1-4-8-13/h1-10,15,17H,11-12,16H2/t15-/m0/s1. The van der Waals surface area contributed by atoms with Crippen LogP contribution in [0.2, 0.25) is 0 Å². The van der Waals surface area contributed by atoms with Crippen molar-refractivity contribution in [2.75, 3.05) is 6.54 Å². The fourth-order valence-corrected chi connectivity index (χ4v) is 1.93. The zero-order chi connectivity index (χ0) is 11.9. The second-order valence-electron chi connectivity index (χ2n) is 4.43. The Morgan fingerprint density at radius 1 is 0.882 bits per heavy atom. The minimum Gasteiger partial charge on any atom is -0.313 e. The third kappa shape index (κ3) is 3.75. The average molecular weight is 223 g/mol. The lowest BCUT2D eigenvalue weighted by Gasteiger charge is -2.13. The fraction of sp³-hybridized carbons (Fsp3) is 0.200. The quantitative estimate of drug-likeness (QED) is 0.766. The minimum absolute atomic E-state index is 0.555. The van der Waals surface area contributed by atoms with Gasteiger partial charge in [0.05, 0.1) is 0 Å². The van der Waals surface area contributed by atoms with E-state index in [1.807, 2.05) is 0 Å². The number of hydrogen-bond donors (Lipinski definition) is 1. The van der Waals surface area contributed by atoms with Gasteiger partial charge >= 0.3 is 0 Å². The van der Waals surface area contributed by atoms with Gasteiger partial charge in [0.2, 0.25) is 0 Å². The molecule has 1 nitrogen and oxygen atoms in total. The number of nitrogens with one attached hydrogen (secondary N) is 1. The molecule has 0 bridgehead atoms. The Hall–Kier alpha value is -1.54. The molecule has 0 aliphatic heterocycles. The molecule has 0 fully saturated rings. The first-order chi connectivity index (χ1) is 8.36. The Kier molecular flexibility index (Phi) is 4.40. The Morgan fingerprint density at radius 2 is 1.47 bits per heavy atom. The van der Waals surface area contributed by atoms with Gasteiger partial charge in [-0.05, 0) is 17.9 Å². The molecule has 0 spiro atoms. The minimum atomic E-state index is 0.555. The van der Waals surface area contributed by atoms with E-state index in [1.165, 1.54) is 11.1 Å². The highest BCUT2D eigenvalue weighted by Crippen LogP contribution is 2.10. The third-order valence-corrected chi connectivity index (χ3v) is 2.99. The van der Waals surface area contributed by atoms with E-state index in [9.17, 15) is 0 Å². The fourth-order valence-electron chi connectivity index (χ4n) is 1.93. The first kappa shape index (κ1) is 11.9. The van der Waals surface area contributed by atoms with Crippen LogP contribution in [0.4, 0.5) is 0 Å². The summed E-state index contributed by atoms with van der Waals surface area (Å²) >= 11 is 0. The molecule has 0 saturated heterocycles. The smallest absolute Gasteiger partial charge is 0.112 e. The van der Waals surface area contributed by atoms with Crippen LogP contribution in [0.3, 0.4) is 0 Å². The molecule has 0 radical (unpaired) electrons. The van der Waals surface area contributed by atoms with Gasteiger partial charge in [-0.2, -0.15) is 0 Å². The van der Waals surface area contributed by atoms with Gasteiger partial charge in [-0.25, -0.2) is 0 Å². The summed E-state index contributed by atoms with van der Waals surface area (Å²) < 4.78 is 0. The summed E-state index contributed by atoms with van der Waals surface area (Å²) in [5, 5.41) is 3.50. The second-order valence-corrected chi connectivity index (χ2v) is 4.43. The third-order valence-electron chi connectivity index (χ3n) is 2.99. The Morgan fingerprint density at radius 3 is 2.12 bits per heavy atom. The summed E-state index contributed by atoms with van der Waals surface area (Å²) in [7, 11) is 2.26. The maximum absolute atomic E-state index is 3.50. The lowest BCUT2D eigenvalue weighted by Crippen LogP contribution is -2.21. The highest BCUT2D eigenvalue weighted by atomic mass is 14.8. The van der Waals surface area contributed by atoms with Gasteiger partial charge in [-0.3, -0.25) is 0 Å². The molecule has 0 aliphatic carbocycles. The first-order valence-corrected chi connectivity index (χ1v) is 6.16. The first-order valence-electron chi connectivity index (χ1n) is 6.16. The van der Waals surface area contributed by atoms with E-state index < -0.39 is 0 Å². The van der Waals surface area contributed by atoms with Crippen molar-refractivity contribution < 1.29 is 0 Å². The monoisotopic (exact) mass is 223 g/mol. The van der Waals surface area contributed by atoms with Crippen LogP contribution in [0.1, 0.15) is 16.9 Å². The predicted octanol–water partition coefficient (Wildman–Crippen LogP) is 2.15. The van der Waals surface area contributed by atoms with E-state index in [-0.39, 0.29) is 0 Å². The van der Waals surface area contributed by atoms with Crippen molar-refractivity contribution in [1.29, 1.82) is 0 Å². The second kappa shape index (κ2) is 6.26. The van der Waals surface area contributed by atoms with Crippen LogP contribution in [0.15, 0.2) is 60.7 Å². The van der Waals surface area contributed by atoms with Crippen LogP contribution in [0.5, 0.6) is 0 Å². The number of rotatable bonds is 5. The summed E-state index contributed by atoms with van der Waals surface area (Å²) in [6.07, 6.45) is 0. The molecule has 0 heterocycles. The predicted molar refractivity (Wildman–Crippen MR) is 75.9 cm³/mol. The molecule has 0 amide bonds. The summed E-state index contributed by atoms with van der Waals surface area (Å²) in [5.41, 5.74) is 2.74. The summed E-state index contributed by atoms with van der Waals surface area (Å²) in [6.45, 7) is 1.96. The normalized spacial score (nSPS) is 12.2. The molecule has 1 atom stereocenters. The number of benzene rings is 2. The van der Waals surface area contributed by atoms with Crippen molar-refractivity contribution in [2.24, 2.45) is 0 Å². The van der Waals surface area contributed by atoms with E-state index in [2.05, 4.69) is 73.8 Å². The van der Waals surface area contributed by atoms with E-state index in [1.54, 1.807) is 0 Å². The van der Waals surface area contributed by atoms with Gasteiger partial charge in [0, 0.05) is 6.54 Å². The molecule has 2 aromatic rings. The molecule has 86 valence electrons. The summed E-state index contributed by atoms with van der Waals surface area (Å²) in [6, 6.07) is 21.2. The van der Waals surface area contributed by atoms with Crippen LogP contribution < -0.4 is 5.32 Å². The van der Waals surface area contributed by atoms with Crippen molar-refractivity contribution >= 4 is 7.85 Å². The van der Waals surface area contributed by atoms with Crippen LogP contribution in [-0.4, -0.2) is 14.4 Å². The van der Waals surface area contributed by atoms with Crippen LogP contribution in [0, 0.1) is 0 Å². The molecule has 0 aromatic heterocycles. The van der Waals surface area contributed by atoms with E-state index in [0.717, 1.165) is 13.1 Å². The molecule has 17 heavy (non-hydrogen) atoms. The number of hydrogen-bond acceptors (Lipinski definition) is 1. The SMILES string of the molecule is B[C@@H](CNCc1ccccc1)c1ccccc1. The van der Waals surface area contributed by atoms with Crippen molar-refractivity contribution in [3.05, 3.63) is 71.8 Å². The zero-order valence-electron chi connectivity index (χ0n) is 10.3. The maximum Gasteiger partial charge on any atom is 0.112 e. The van der Waals surface area contributed by atoms with Crippen molar-refractivity contribution in [3.63, 3.8) is 0 Å². The topological polar surface area (TPSA) is 12.0 Å². The van der Waals surface area contributed by atoms with Gasteiger partial charge in [0.25, 0.3) is 0 Å². The lowest BCUT2D eigenvalue weighted by atomic mass is 9.81. The van der Waals surface area contributed by atoms with Gasteiger partial charge in [-0.15, -0.1) is 0 Å². The van der Waals surface area contributed by atoms with E-state index >= 15 is 0 Å². The van der Waals surface area contributed by atoms with Crippen molar-refractivity contribution in [1.82, 2.24) is 5.32 Å². The van der Waals surface area contributed by atoms with Crippen LogP contribution in [0.25, 0.3) is 0 Å².